The zero-order valence-corrected chi connectivity index (χ0v) is 23.3. The number of benzene rings is 4. The Bertz CT molecular complexity index is 1440. The van der Waals surface area contributed by atoms with Gasteiger partial charge in [-0.15, -0.1) is 11.5 Å². The number of hydrogen-bond donors (Lipinski definition) is 0. The van der Waals surface area contributed by atoms with Crippen molar-refractivity contribution in [3.8, 4) is 29.3 Å². The fourth-order valence-corrected chi connectivity index (χ4v) is 3.54. The molecule has 0 radical (unpaired) electrons. The molecule has 0 atom stereocenters. The molecule has 0 aliphatic carbocycles. The largest absolute Gasteiger partial charge is 0.220 e. The first-order chi connectivity index (χ1) is 17.6. The summed E-state index contributed by atoms with van der Waals surface area (Å²) in [7, 11) is 0. The van der Waals surface area contributed by atoms with Gasteiger partial charge in [-0.3, -0.25) is 0 Å². The molecule has 8 heteroatoms. The molecule has 0 amide bonds. The van der Waals surface area contributed by atoms with E-state index in [2.05, 4.69) is 83.6 Å². The van der Waals surface area contributed by atoms with Gasteiger partial charge >= 0.3 is 0 Å². The Hall–Kier alpha value is -3.65. The summed E-state index contributed by atoms with van der Waals surface area (Å²) in [6.45, 7) is 0. The number of azide groups is 1. The van der Waals surface area contributed by atoms with Gasteiger partial charge in [-0.2, -0.15) is 0 Å². The molecule has 0 unspecified atom stereocenters. The molecule has 36 heavy (non-hydrogen) atoms. The van der Waals surface area contributed by atoms with Crippen LogP contribution in [0.2, 0.25) is 0 Å². The second-order valence-corrected chi connectivity index (χ2v) is 9.56. The van der Waals surface area contributed by atoms with Gasteiger partial charge in [-0.25, -0.2) is 4.68 Å². The lowest BCUT2D eigenvalue weighted by atomic mass is 10.2. The van der Waals surface area contributed by atoms with Gasteiger partial charge in [0, 0.05) is 28.9 Å². The van der Waals surface area contributed by atoms with Gasteiger partial charge in [-0.05, 0) is 99.2 Å². The topological polar surface area (TPSA) is 79.5 Å². The highest BCUT2D eigenvalue weighted by atomic mass is 123. The first kappa shape index (κ1) is 26.9. The second kappa shape index (κ2) is 14.7. The fraction of sp³-hybridized carbons (Fsp3) is 0. The van der Waals surface area contributed by atoms with Crippen molar-refractivity contribution in [3.05, 3.63) is 139 Å². The lowest BCUT2D eigenvalue weighted by Gasteiger charge is -1.99. The van der Waals surface area contributed by atoms with Crippen molar-refractivity contribution in [1.29, 1.82) is 0 Å². The van der Waals surface area contributed by atoms with Gasteiger partial charge in [-0.1, -0.05) is 76.9 Å². The van der Waals surface area contributed by atoms with Crippen LogP contribution in [0.5, 0.6) is 0 Å². The van der Waals surface area contributed by atoms with Crippen molar-refractivity contribution in [1.82, 2.24) is 15.0 Å². The Balaban J connectivity index is 0.000000169. The predicted molar refractivity (Wildman–Crippen MR) is 162 cm³/mol. The van der Waals surface area contributed by atoms with Gasteiger partial charge in [0.05, 0.1) is 11.9 Å². The Kier molecular flexibility index (Phi) is 11.0. The van der Waals surface area contributed by atoms with Gasteiger partial charge in [0.25, 0.3) is 0 Å². The number of aromatic nitrogens is 3. The van der Waals surface area contributed by atoms with Crippen LogP contribution in [-0.2, 0) is 0 Å². The zero-order chi connectivity index (χ0) is 25.6. The van der Waals surface area contributed by atoms with E-state index in [9.17, 15) is 0 Å². The second-order valence-electron chi connectivity index (χ2n) is 7.07. The highest BCUT2D eigenvalue weighted by Gasteiger charge is 2.04. The highest BCUT2D eigenvalue weighted by molar-refractivity contribution is 14.1. The zero-order valence-electron chi connectivity index (χ0n) is 19.0. The van der Waals surface area contributed by atoms with Gasteiger partial charge < -0.3 is 0 Å². The average Bonchev–Trinajstić information content (AvgIpc) is 3.43. The summed E-state index contributed by atoms with van der Waals surface area (Å²) in [6, 6.07) is 35.2. The van der Waals surface area contributed by atoms with Crippen LogP contribution in [0.3, 0.4) is 0 Å². The number of hydrogen-bond acceptors (Lipinski definition) is 3. The molecule has 0 aliphatic heterocycles. The van der Waals surface area contributed by atoms with E-state index in [0.29, 0.717) is 5.69 Å². The quantitative estimate of drug-likeness (QED) is 0.0628. The molecule has 0 aliphatic rings. The van der Waals surface area contributed by atoms with Crippen molar-refractivity contribution < 1.29 is 0 Å². The molecule has 1 aromatic heterocycles. The van der Waals surface area contributed by atoms with Crippen LogP contribution in [0.25, 0.3) is 27.4 Å². The third-order valence-corrected chi connectivity index (χ3v) is 6.02. The summed E-state index contributed by atoms with van der Waals surface area (Å²) in [6.07, 6.45) is 7.04. The fourth-order valence-electron chi connectivity index (χ4n) is 2.82. The maximum Gasteiger partial charge on any atom is 0.113 e. The molecule has 4 aromatic carbocycles. The van der Waals surface area contributed by atoms with Crippen LogP contribution in [0, 0.1) is 19.5 Å². The molecular weight excluding hydrogens is 666 g/mol. The van der Waals surface area contributed by atoms with Gasteiger partial charge in [0.1, 0.15) is 5.69 Å². The lowest BCUT2D eigenvalue weighted by Crippen LogP contribution is -1.94. The highest BCUT2D eigenvalue weighted by Crippen LogP contribution is 2.17. The number of halogens is 2. The van der Waals surface area contributed by atoms with Crippen LogP contribution < -0.4 is 0 Å². The van der Waals surface area contributed by atoms with Gasteiger partial charge in [0.15, 0.2) is 0 Å². The smallest absolute Gasteiger partial charge is 0.113 e. The van der Waals surface area contributed by atoms with Crippen LogP contribution in [-0.4, -0.2) is 15.0 Å². The number of terminal acetylenes is 1. The number of nitrogens with zero attached hydrogens (tertiary/aromatic N) is 6. The van der Waals surface area contributed by atoms with E-state index in [1.54, 1.807) is 16.8 Å². The standard InChI is InChI=1S/C14H10IN3.C8H6.C6H4IN3/c15-12-6-8-13(9-7-12)18-10-14(16-17-18)11-4-2-1-3-5-11;1-2-8-6-4-3-5-7-8;7-5-1-3-6(4-2-5)9-10-8/h1-10H;1,3-7H;1-4H/i15-4;;7-4. The molecule has 5 rings (SSSR count). The average molecular weight is 686 g/mol. The van der Waals surface area contributed by atoms with E-state index < -0.39 is 0 Å². The normalized spacial score (nSPS) is 9.36. The minimum absolute atomic E-state index is 0.655. The monoisotopic (exact) mass is 686 g/mol. The molecule has 176 valence electrons. The van der Waals surface area contributed by atoms with Crippen molar-refractivity contribution in [2.75, 3.05) is 0 Å². The van der Waals surface area contributed by atoms with Crippen molar-refractivity contribution in [3.63, 3.8) is 0 Å². The maximum absolute atomic E-state index is 8.05. The first-order valence-corrected chi connectivity index (χ1v) is 12.8. The Morgan fingerprint density at radius 2 is 1.33 bits per heavy atom. The van der Waals surface area contributed by atoms with Crippen LogP contribution in [0.1, 0.15) is 5.56 Å². The van der Waals surface area contributed by atoms with E-state index >= 15 is 0 Å². The summed E-state index contributed by atoms with van der Waals surface area (Å²) in [5.41, 5.74) is 12.6. The molecule has 0 saturated heterocycles. The molecule has 1 heterocycles. The van der Waals surface area contributed by atoms with Crippen LogP contribution >= 0.6 is 45.2 Å². The predicted octanol–water partition coefficient (Wildman–Crippen LogP) is 8.44. The minimum atomic E-state index is 0.655. The number of rotatable bonds is 3. The molecular formula is C28H20I2N6. The van der Waals surface area contributed by atoms with E-state index in [1.165, 1.54) is 3.57 Å². The first-order valence-electron chi connectivity index (χ1n) is 10.6. The summed E-state index contributed by atoms with van der Waals surface area (Å²) in [5, 5.41) is 11.8. The third-order valence-electron chi connectivity index (χ3n) is 4.58. The Labute approximate surface area is 237 Å². The SMILES string of the molecule is C#Cc1ccccc1.[123I]c1ccc(-n2cc(-c3ccccc3)nn2)cc1.[N-]=[N+]=Nc1ccc([123I])cc1. The van der Waals surface area contributed by atoms with E-state index in [1.807, 2.05) is 91.1 Å². The summed E-state index contributed by atoms with van der Waals surface area (Å²) < 4.78 is 4.13. The van der Waals surface area contributed by atoms with Crippen LogP contribution in [0.15, 0.2) is 121 Å². The third kappa shape index (κ3) is 8.85. The molecule has 0 bridgehead atoms. The summed E-state index contributed by atoms with van der Waals surface area (Å²) in [5.74, 6) is 2.53. The maximum atomic E-state index is 8.05. The van der Waals surface area contributed by atoms with Crippen molar-refractivity contribution >= 4 is 50.9 Å². The van der Waals surface area contributed by atoms with Gasteiger partial charge in [0.2, 0.25) is 0 Å². The molecule has 6 nitrogen and oxygen atoms in total. The molecule has 0 spiro atoms. The van der Waals surface area contributed by atoms with E-state index in [-0.39, 0.29) is 0 Å². The van der Waals surface area contributed by atoms with E-state index in [4.69, 9.17) is 12.0 Å². The van der Waals surface area contributed by atoms with Crippen molar-refractivity contribution in [2.45, 2.75) is 0 Å². The Morgan fingerprint density at radius 3 is 1.86 bits per heavy atom. The molecule has 0 saturated carbocycles. The van der Waals surface area contributed by atoms with Crippen molar-refractivity contribution in [2.24, 2.45) is 5.11 Å². The summed E-state index contributed by atoms with van der Waals surface area (Å²) in [4.78, 5) is 2.66. The summed E-state index contributed by atoms with van der Waals surface area (Å²) >= 11 is 4.48. The lowest BCUT2D eigenvalue weighted by molar-refractivity contribution is 0.803. The van der Waals surface area contributed by atoms with Crippen LogP contribution in [0.4, 0.5) is 5.69 Å². The minimum Gasteiger partial charge on any atom is -0.220 e. The molecule has 0 N–H and O–H groups in total. The van der Waals surface area contributed by atoms with E-state index in [0.717, 1.165) is 26.1 Å². The Morgan fingerprint density at radius 1 is 0.778 bits per heavy atom. The molecule has 0 fully saturated rings. The molecule has 5 aromatic rings.